The molecule has 9 nitrogen and oxygen atoms in total. The number of nitrogens with zero attached hydrogens (tertiary/aromatic N) is 3. The molecule has 9 heteroatoms. The summed E-state index contributed by atoms with van der Waals surface area (Å²) in [7, 11) is 1.53. The fourth-order valence-corrected chi connectivity index (χ4v) is 3.06. The van der Waals surface area contributed by atoms with Crippen LogP contribution < -0.4 is 4.74 Å². The second-order valence-corrected chi connectivity index (χ2v) is 6.47. The summed E-state index contributed by atoms with van der Waals surface area (Å²) < 4.78 is 10.4. The van der Waals surface area contributed by atoms with E-state index in [9.17, 15) is 19.2 Å². The van der Waals surface area contributed by atoms with Crippen LogP contribution in [-0.4, -0.2) is 46.4 Å². The Morgan fingerprint density at radius 1 is 1.10 bits per heavy atom. The Labute approximate surface area is 170 Å². The van der Waals surface area contributed by atoms with Crippen molar-refractivity contribution in [2.45, 2.75) is 6.92 Å². The van der Waals surface area contributed by atoms with Crippen LogP contribution in [0.25, 0.3) is 6.08 Å². The molecule has 0 N–H and O–H groups in total. The number of Topliss-reactive ketones (excluding diaryl/α,β-unsaturated/α-hetero) is 1. The molecule has 2 aliphatic heterocycles. The van der Waals surface area contributed by atoms with Gasteiger partial charge in [0, 0.05) is 26.2 Å². The summed E-state index contributed by atoms with van der Waals surface area (Å²) in [5.74, 6) is -2.16. The monoisotopic (exact) mass is 405 g/mol. The lowest BCUT2D eigenvalue weighted by Crippen LogP contribution is -2.33. The number of ketones is 1. The van der Waals surface area contributed by atoms with Crippen LogP contribution in [-0.2, 0) is 14.4 Å². The lowest BCUT2D eigenvalue weighted by Gasteiger charge is -2.19. The van der Waals surface area contributed by atoms with E-state index < -0.39 is 23.6 Å². The number of para-hydroxylation sites is 1. The average Bonchev–Trinajstić information content (AvgIpc) is 3.29. The topological polar surface area (TPSA) is 109 Å². The van der Waals surface area contributed by atoms with Crippen LogP contribution in [0.3, 0.4) is 0 Å². The van der Waals surface area contributed by atoms with Crippen LogP contribution in [0.4, 0.5) is 0 Å². The van der Waals surface area contributed by atoms with Gasteiger partial charge in [-0.25, -0.2) is 4.79 Å². The summed E-state index contributed by atoms with van der Waals surface area (Å²) in [4.78, 5) is 56.1. The number of likely N-dealkylation sites (N-methyl/N-ethyl adjacent to an activating group) is 1. The number of hydrogen-bond acceptors (Lipinski definition) is 6. The molecule has 0 aliphatic carbocycles. The van der Waals surface area contributed by atoms with Crippen LogP contribution in [0, 0.1) is 0 Å². The highest BCUT2D eigenvalue weighted by atomic mass is 16.5. The van der Waals surface area contributed by atoms with E-state index >= 15 is 0 Å². The van der Waals surface area contributed by atoms with Crippen molar-refractivity contribution in [1.29, 1.82) is 0 Å². The third kappa shape index (κ3) is 3.22. The van der Waals surface area contributed by atoms with E-state index in [1.165, 1.54) is 43.3 Å². The first kappa shape index (κ1) is 19.1. The first-order chi connectivity index (χ1) is 14.4. The molecule has 2 aliphatic rings. The van der Waals surface area contributed by atoms with Gasteiger partial charge in [0.2, 0.25) is 17.6 Å². The smallest absolute Gasteiger partial charge is 0.349 e. The van der Waals surface area contributed by atoms with Gasteiger partial charge in [0.15, 0.2) is 0 Å². The van der Waals surface area contributed by atoms with Crippen LogP contribution in [0.5, 0.6) is 5.75 Å². The fraction of sp³-hybridized carbons (Fsp3) is 0.0952. The van der Waals surface area contributed by atoms with E-state index in [4.69, 9.17) is 9.15 Å². The van der Waals surface area contributed by atoms with Crippen molar-refractivity contribution in [3.05, 3.63) is 71.5 Å². The van der Waals surface area contributed by atoms with Crippen molar-refractivity contribution in [1.82, 2.24) is 9.80 Å². The summed E-state index contributed by atoms with van der Waals surface area (Å²) in [6.45, 7) is 1.22. The number of esters is 1. The molecule has 2 amide bonds. The van der Waals surface area contributed by atoms with Gasteiger partial charge in [0.05, 0.1) is 11.8 Å². The summed E-state index contributed by atoms with van der Waals surface area (Å²) in [5.41, 5.74) is -0.0236. The summed E-state index contributed by atoms with van der Waals surface area (Å²) in [6.07, 6.45) is 3.96. The fourth-order valence-electron chi connectivity index (χ4n) is 3.06. The molecule has 1 fully saturated rings. The SMILES string of the molecule is CC(=O)N=C1N(C=C2C(=O)Oc3ccccc3C2=O)C(=O)/C(=C/c2ccco2)N1C. The molecular weight excluding hydrogens is 390 g/mol. The molecular formula is C21H15N3O6. The normalized spacial score (nSPS) is 20.3. The second-order valence-electron chi connectivity index (χ2n) is 6.47. The van der Waals surface area contributed by atoms with Gasteiger partial charge in [0.25, 0.3) is 5.91 Å². The average molecular weight is 405 g/mol. The Morgan fingerprint density at radius 2 is 1.87 bits per heavy atom. The van der Waals surface area contributed by atoms with Gasteiger partial charge in [-0.3, -0.25) is 19.3 Å². The quantitative estimate of drug-likeness (QED) is 0.325. The standard InChI is InChI=1S/C21H15N3O6/c1-12(25)22-21-23(2)16(10-13-6-5-9-29-13)19(27)24(21)11-15-18(26)14-7-3-4-8-17(14)30-20(15)28/h3-11H,1-2H3/b15-11?,16-10-,22-21?. The maximum Gasteiger partial charge on any atom is 0.349 e. The van der Waals surface area contributed by atoms with Crippen molar-refractivity contribution >= 4 is 35.6 Å². The van der Waals surface area contributed by atoms with E-state index in [-0.39, 0.29) is 28.5 Å². The first-order valence-electron chi connectivity index (χ1n) is 8.86. The van der Waals surface area contributed by atoms with Gasteiger partial charge in [0.1, 0.15) is 22.8 Å². The first-order valence-corrected chi connectivity index (χ1v) is 8.86. The minimum Gasteiger partial charge on any atom is -0.465 e. The lowest BCUT2D eigenvalue weighted by atomic mass is 10.0. The highest BCUT2D eigenvalue weighted by Gasteiger charge is 2.39. The predicted octanol–water partition coefficient (Wildman–Crippen LogP) is 1.98. The third-order valence-corrected chi connectivity index (χ3v) is 4.45. The molecule has 30 heavy (non-hydrogen) atoms. The molecule has 0 saturated carbocycles. The van der Waals surface area contributed by atoms with Crippen LogP contribution in [0.15, 0.2) is 69.5 Å². The second kappa shape index (κ2) is 7.28. The molecule has 1 saturated heterocycles. The van der Waals surface area contributed by atoms with Gasteiger partial charge < -0.3 is 14.1 Å². The number of ether oxygens (including phenoxy) is 1. The number of amides is 2. The number of carbonyl (C=O) groups is 4. The van der Waals surface area contributed by atoms with E-state index in [0.29, 0.717) is 5.76 Å². The van der Waals surface area contributed by atoms with Gasteiger partial charge in [-0.15, -0.1) is 0 Å². The van der Waals surface area contributed by atoms with E-state index in [2.05, 4.69) is 4.99 Å². The Kier molecular flexibility index (Phi) is 4.63. The number of rotatable bonds is 2. The van der Waals surface area contributed by atoms with Crippen molar-refractivity contribution < 1.29 is 28.3 Å². The number of aliphatic imine (C=N–C) groups is 1. The Balaban J connectivity index is 1.80. The molecule has 0 atom stereocenters. The largest absolute Gasteiger partial charge is 0.465 e. The molecule has 3 heterocycles. The molecule has 0 spiro atoms. The summed E-state index contributed by atoms with van der Waals surface area (Å²) in [5, 5.41) is 0. The molecule has 1 aromatic carbocycles. The number of benzene rings is 1. The molecule has 0 bridgehead atoms. The number of carbonyl (C=O) groups excluding carboxylic acids is 4. The molecule has 4 rings (SSSR count). The summed E-state index contributed by atoms with van der Waals surface area (Å²) >= 11 is 0. The Morgan fingerprint density at radius 3 is 2.57 bits per heavy atom. The molecule has 0 unspecified atom stereocenters. The molecule has 150 valence electrons. The number of guanidine groups is 1. The van der Waals surface area contributed by atoms with Gasteiger partial charge in [-0.05, 0) is 24.3 Å². The highest BCUT2D eigenvalue weighted by molar-refractivity contribution is 6.28. The molecule has 2 aromatic rings. The van der Waals surface area contributed by atoms with E-state index in [0.717, 1.165) is 11.1 Å². The van der Waals surface area contributed by atoms with Gasteiger partial charge in [-0.2, -0.15) is 4.99 Å². The Hall–Kier alpha value is -4.27. The van der Waals surface area contributed by atoms with E-state index in [1.54, 1.807) is 24.3 Å². The van der Waals surface area contributed by atoms with Crippen molar-refractivity contribution in [2.75, 3.05) is 7.05 Å². The number of hydrogen-bond donors (Lipinski definition) is 0. The predicted molar refractivity (Wildman–Crippen MR) is 104 cm³/mol. The van der Waals surface area contributed by atoms with Crippen molar-refractivity contribution in [2.24, 2.45) is 4.99 Å². The van der Waals surface area contributed by atoms with E-state index in [1.807, 2.05) is 0 Å². The van der Waals surface area contributed by atoms with Crippen molar-refractivity contribution in [3.63, 3.8) is 0 Å². The zero-order valence-corrected chi connectivity index (χ0v) is 16.0. The number of furan rings is 1. The van der Waals surface area contributed by atoms with Crippen LogP contribution in [0.1, 0.15) is 23.0 Å². The van der Waals surface area contributed by atoms with Crippen LogP contribution >= 0.6 is 0 Å². The lowest BCUT2D eigenvalue weighted by molar-refractivity contribution is -0.130. The molecule has 0 radical (unpaired) electrons. The van der Waals surface area contributed by atoms with Gasteiger partial charge in [-0.1, -0.05) is 12.1 Å². The zero-order valence-electron chi connectivity index (χ0n) is 16.0. The summed E-state index contributed by atoms with van der Waals surface area (Å²) in [6, 6.07) is 9.60. The van der Waals surface area contributed by atoms with Crippen molar-refractivity contribution in [3.8, 4) is 5.75 Å². The molecule has 1 aromatic heterocycles. The Bertz CT molecular complexity index is 1170. The van der Waals surface area contributed by atoms with Gasteiger partial charge >= 0.3 is 5.97 Å². The zero-order chi connectivity index (χ0) is 21.4. The maximum atomic E-state index is 13.0. The third-order valence-electron chi connectivity index (χ3n) is 4.45. The van der Waals surface area contributed by atoms with Crippen LogP contribution in [0.2, 0.25) is 0 Å². The number of fused-ring (bicyclic) bond motifs is 1. The minimum absolute atomic E-state index is 0.0581. The highest BCUT2D eigenvalue weighted by Crippen LogP contribution is 2.29. The minimum atomic E-state index is -0.903. The maximum absolute atomic E-state index is 13.0.